The summed E-state index contributed by atoms with van der Waals surface area (Å²) in [6.07, 6.45) is 1.67. The van der Waals surface area contributed by atoms with E-state index >= 15 is 0 Å². The fourth-order valence-electron chi connectivity index (χ4n) is 3.49. The highest BCUT2D eigenvalue weighted by Crippen LogP contribution is 2.28. The zero-order chi connectivity index (χ0) is 21.8. The third-order valence-corrected chi connectivity index (χ3v) is 5.11. The number of benzene rings is 2. The molecule has 1 aromatic heterocycles. The highest BCUT2D eigenvalue weighted by atomic mass is 16.5. The van der Waals surface area contributed by atoms with Gasteiger partial charge in [0.2, 0.25) is 0 Å². The molecule has 158 valence electrons. The molecule has 0 bridgehead atoms. The molecular weight excluding hydrogens is 378 g/mol. The summed E-state index contributed by atoms with van der Waals surface area (Å²) in [7, 11) is 5.02. The molecule has 1 heterocycles. The van der Waals surface area contributed by atoms with Crippen molar-refractivity contribution in [2.75, 3.05) is 21.3 Å². The van der Waals surface area contributed by atoms with E-state index in [0.29, 0.717) is 23.6 Å². The fraction of sp³-hybridized carbons (Fsp3) is 0.333. The maximum absolute atomic E-state index is 13.3. The summed E-state index contributed by atoms with van der Waals surface area (Å²) < 4.78 is 12.6. The Morgan fingerprint density at radius 3 is 2.40 bits per heavy atom. The number of nitrogens with zero attached hydrogens (tertiary/aromatic N) is 3. The Bertz CT molecular complexity index is 1020. The van der Waals surface area contributed by atoms with Crippen LogP contribution in [-0.2, 0) is 6.54 Å². The Hall–Kier alpha value is -3.28. The maximum atomic E-state index is 13.3. The average molecular weight is 408 g/mol. The average Bonchev–Trinajstić information content (AvgIpc) is 3.19. The lowest BCUT2D eigenvalue weighted by Crippen LogP contribution is -2.27. The zero-order valence-corrected chi connectivity index (χ0v) is 18.5. The first-order chi connectivity index (χ1) is 14.3. The van der Waals surface area contributed by atoms with Crippen LogP contribution in [0.4, 0.5) is 0 Å². The molecule has 30 heavy (non-hydrogen) atoms. The number of methoxy groups -OCH3 is 2. The predicted octanol–water partition coefficient (Wildman–Crippen LogP) is 4.59. The van der Waals surface area contributed by atoms with Crippen molar-refractivity contribution in [2.45, 2.75) is 33.2 Å². The van der Waals surface area contributed by atoms with Crippen molar-refractivity contribution in [3.63, 3.8) is 0 Å². The van der Waals surface area contributed by atoms with Gasteiger partial charge in [-0.15, -0.1) is 0 Å². The van der Waals surface area contributed by atoms with Crippen molar-refractivity contribution in [1.29, 1.82) is 0 Å². The van der Waals surface area contributed by atoms with Gasteiger partial charge >= 0.3 is 0 Å². The van der Waals surface area contributed by atoms with Crippen LogP contribution in [0.3, 0.4) is 0 Å². The molecule has 0 aliphatic carbocycles. The van der Waals surface area contributed by atoms with Crippen LogP contribution in [0.1, 0.15) is 46.9 Å². The number of amides is 1. The van der Waals surface area contributed by atoms with Crippen molar-refractivity contribution < 1.29 is 14.3 Å². The Balaban J connectivity index is 1.90. The Morgan fingerprint density at radius 1 is 1.10 bits per heavy atom. The summed E-state index contributed by atoms with van der Waals surface area (Å²) in [5.74, 6) is 1.46. The number of ether oxygens (including phenoxy) is 2. The SMILES string of the molecule is COc1ccc(CN(C)C(=O)c2cnn(-c3ccc(C)cc3)c2C(C)C)c(OC)c1. The van der Waals surface area contributed by atoms with E-state index in [4.69, 9.17) is 9.47 Å². The molecule has 0 radical (unpaired) electrons. The lowest BCUT2D eigenvalue weighted by atomic mass is 10.0. The van der Waals surface area contributed by atoms with Crippen LogP contribution in [0.15, 0.2) is 48.7 Å². The standard InChI is InChI=1S/C24H29N3O3/c1-16(2)23-21(14-25-27(23)19-10-7-17(3)8-11-19)24(28)26(4)15-18-9-12-20(29-5)13-22(18)30-6/h7-14,16H,15H2,1-6H3. The Kier molecular flexibility index (Phi) is 6.45. The van der Waals surface area contributed by atoms with E-state index < -0.39 is 0 Å². The lowest BCUT2D eigenvalue weighted by Gasteiger charge is -2.20. The molecule has 0 saturated carbocycles. The van der Waals surface area contributed by atoms with E-state index in [0.717, 1.165) is 16.9 Å². The molecule has 0 aliphatic heterocycles. The molecule has 0 fully saturated rings. The summed E-state index contributed by atoms with van der Waals surface area (Å²) >= 11 is 0. The molecule has 3 rings (SSSR count). The monoisotopic (exact) mass is 407 g/mol. The number of hydrogen-bond donors (Lipinski definition) is 0. The van der Waals surface area contributed by atoms with E-state index in [2.05, 4.69) is 18.9 Å². The second-order valence-electron chi connectivity index (χ2n) is 7.68. The number of rotatable bonds is 7. The van der Waals surface area contributed by atoms with Crippen LogP contribution in [0.25, 0.3) is 5.69 Å². The summed E-state index contributed by atoms with van der Waals surface area (Å²) in [6, 6.07) is 13.7. The van der Waals surface area contributed by atoms with Crippen LogP contribution in [-0.4, -0.2) is 41.9 Å². The molecule has 6 heteroatoms. The topological polar surface area (TPSA) is 56.6 Å². The largest absolute Gasteiger partial charge is 0.497 e. The summed E-state index contributed by atoms with van der Waals surface area (Å²) in [5, 5.41) is 4.53. The minimum atomic E-state index is -0.0741. The second-order valence-corrected chi connectivity index (χ2v) is 7.68. The van der Waals surface area contributed by atoms with Crippen LogP contribution in [0, 0.1) is 6.92 Å². The molecule has 0 aliphatic rings. The Labute approximate surface area is 178 Å². The molecule has 1 amide bonds. The second kappa shape index (κ2) is 9.03. The first-order valence-electron chi connectivity index (χ1n) is 9.97. The van der Waals surface area contributed by atoms with E-state index in [1.807, 2.05) is 54.1 Å². The van der Waals surface area contributed by atoms with Gasteiger partial charge in [0.05, 0.1) is 37.4 Å². The predicted molar refractivity (Wildman–Crippen MR) is 118 cm³/mol. The normalized spacial score (nSPS) is 10.9. The quantitative estimate of drug-likeness (QED) is 0.575. The van der Waals surface area contributed by atoms with Crippen LogP contribution >= 0.6 is 0 Å². The molecular formula is C24H29N3O3. The zero-order valence-electron chi connectivity index (χ0n) is 18.5. The first-order valence-corrected chi connectivity index (χ1v) is 9.97. The van der Waals surface area contributed by atoms with Gasteiger partial charge in [0.1, 0.15) is 11.5 Å². The van der Waals surface area contributed by atoms with Gasteiger partial charge < -0.3 is 14.4 Å². The van der Waals surface area contributed by atoms with Crippen LogP contribution in [0.2, 0.25) is 0 Å². The fourth-order valence-corrected chi connectivity index (χ4v) is 3.49. The van der Waals surface area contributed by atoms with Crippen molar-refractivity contribution in [3.8, 4) is 17.2 Å². The van der Waals surface area contributed by atoms with Gasteiger partial charge in [-0.3, -0.25) is 4.79 Å². The van der Waals surface area contributed by atoms with E-state index in [1.54, 1.807) is 32.4 Å². The van der Waals surface area contributed by atoms with Gasteiger partial charge in [0.15, 0.2) is 0 Å². The third kappa shape index (κ3) is 4.32. The number of carbonyl (C=O) groups excluding carboxylic acids is 1. The van der Waals surface area contributed by atoms with Gasteiger partial charge in [0, 0.05) is 25.2 Å². The van der Waals surface area contributed by atoms with E-state index in [-0.39, 0.29) is 11.8 Å². The highest BCUT2D eigenvalue weighted by molar-refractivity contribution is 5.95. The Morgan fingerprint density at radius 2 is 1.80 bits per heavy atom. The summed E-state index contributed by atoms with van der Waals surface area (Å²) in [4.78, 5) is 15.0. The lowest BCUT2D eigenvalue weighted by molar-refractivity contribution is 0.0782. The minimum absolute atomic E-state index is 0.0741. The van der Waals surface area contributed by atoms with Gasteiger partial charge in [-0.2, -0.15) is 5.10 Å². The number of hydrogen-bond acceptors (Lipinski definition) is 4. The molecule has 2 aromatic carbocycles. The molecule has 3 aromatic rings. The number of aryl methyl sites for hydroxylation is 1. The number of carbonyl (C=O) groups is 1. The van der Waals surface area contributed by atoms with Gasteiger partial charge in [-0.25, -0.2) is 4.68 Å². The molecule has 0 saturated heterocycles. The number of aromatic nitrogens is 2. The first kappa shape index (κ1) is 21.4. The van der Waals surface area contributed by atoms with Crippen molar-refractivity contribution in [1.82, 2.24) is 14.7 Å². The van der Waals surface area contributed by atoms with Crippen LogP contribution < -0.4 is 9.47 Å². The summed E-state index contributed by atoms with van der Waals surface area (Å²) in [5.41, 5.74) is 4.55. The molecule has 0 atom stereocenters. The third-order valence-electron chi connectivity index (χ3n) is 5.11. The molecule has 0 spiro atoms. The minimum Gasteiger partial charge on any atom is -0.497 e. The smallest absolute Gasteiger partial charge is 0.257 e. The molecule has 0 unspecified atom stereocenters. The highest BCUT2D eigenvalue weighted by Gasteiger charge is 2.24. The van der Waals surface area contributed by atoms with Crippen LogP contribution in [0.5, 0.6) is 11.5 Å². The summed E-state index contributed by atoms with van der Waals surface area (Å²) in [6.45, 7) is 6.61. The van der Waals surface area contributed by atoms with Crippen molar-refractivity contribution in [2.24, 2.45) is 0 Å². The van der Waals surface area contributed by atoms with Gasteiger partial charge in [-0.1, -0.05) is 31.5 Å². The van der Waals surface area contributed by atoms with Crippen molar-refractivity contribution in [3.05, 3.63) is 71.0 Å². The molecule has 0 N–H and O–H groups in total. The van der Waals surface area contributed by atoms with E-state index in [9.17, 15) is 4.79 Å². The maximum Gasteiger partial charge on any atom is 0.257 e. The van der Waals surface area contributed by atoms with Crippen molar-refractivity contribution >= 4 is 5.91 Å². The molecule has 6 nitrogen and oxygen atoms in total. The van der Waals surface area contributed by atoms with Gasteiger partial charge in [-0.05, 0) is 37.1 Å². The van der Waals surface area contributed by atoms with E-state index in [1.165, 1.54) is 5.56 Å². The van der Waals surface area contributed by atoms with Gasteiger partial charge in [0.25, 0.3) is 5.91 Å².